The first-order chi connectivity index (χ1) is 13.5. The summed E-state index contributed by atoms with van der Waals surface area (Å²) in [6, 6.07) is 3.19. The van der Waals surface area contributed by atoms with Crippen molar-refractivity contribution in [2.45, 2.75) is 51.4 Å². The highest BCUT2D eigenvalue weighted by Gasteiger charge is 2.53. The third-order valence-electron chi connectivity index (χ3n) is 6.79. The Morgan fingerprint density at radius 2 is 1.93 bits per heavy atom. The van der Waals surface area contributed by atoms with Gasteiger partial charge in [-0.25, -0.2) is 13.4 Å². The number of anilines is 1. The molecule has 9 heteroatoms. The van der Waals surface area contributed by atoms with E-state index in [2.05, 4.69) is 28.6 Å². The van der Waals surface area contributed by atoms with Crippen molar-refractivity contribution in [1.82, 2.24) is 9.88 Å². The maximum absolute atomic E-state index is 12.8. The van der Waals surface area contributed by atoms with Gasteiger partial charge in [-0.15, -0.1) is 0 Å². The lowest BCUT2D eigenvalue weighted by Gasteiger charge is -2.46. The number of hydrogen-bond acceptors (Lipinski definition) is 5. The zero-order valence-electron chi connectivity index (χ0n) is 16.8. The fourth-order valence-corrected chi connectivity index (χ4v) is 7.65. The quantitative estimate of drug-likeness (QED) is 0.736. The molecule has 0 aromatic carbocycles. The van der Waals surface area contributed by atoms with Crippen LogP contribution in [0.3, 0.4) is 0 Å². The third kappa shape index (κ3) is 4.13. The van der Waals surface area contributed by atoms with Crippen LogP contribution in [0.15, 0.2) is 18.3 Å². The van der Waals surface area contributed by atoms with Gasteiger partial charge in [-0.1, -0.05) is 13.8 Å². The van der Waals surface area contributed by atoms with Crippen molar-refractivity contribution in [2.75, 3.05) is 36.0 Å². The highest BCUT2D eigenvalue weighted by Crippen LogP contribution is 2.43. The van der Waals surface area contributed by atoms with Crippen molar-refractivity contribution in [2.24, 2.45) is 11.3 Å². The molecule has 0 amide bonds. The first-order valence-electron chi connectivity index (χ1n) is 10.2. The number of likely N-dealkylation sites (tertiary alicyclic amines) is 1. The highest BCUT2D eigenvalue weighted by atomic mass is 32.2. The average molecular weight is 432 g/mol. The summed E-state index contributed by atoms with van der Waals surface area (Å²) in [5.41, 5.74) is -0.172. The summed E-state index contributed by atoms with van der Waals surface area (Å²) < 4.78 is 61.8. The van der Waals surface area contributed by atoms with Crippen LogP contribution in [0.2, 0.25) is 0 Å². The summed E-state index contributed by atoms with van der Waals surface area (Å²) in [4.78, 5) is 8.27. The van der Waals surface area contributed by atoms with Crippen LogP contribution in [0.5, 0.6) is 0 Å². The predicted octanol–water partition coefficient (Wildman–Crippen LogP) is 3.21. The lowest BCUT2D eigenvalue weighted by molar-refractivity contribution is -0.141. The minimum absolute atomic E-state index is 0.0410. The molecule has 1 aromatic heterocycles. The fraction of sp³-hybridized carbons (Fsp3) is 0.750. The van der Waals surface area contributed by atoms with E-state index in [0.717, 1.165) is 50.7 Å². The van der Waals surface area contributed by atoms with Gasteiger partial charge in [-0.2, -0.15) is 13.2 Å². The summed E-state index contributed by atoms with van der Waals surface area (Å²) in [5, 5.41) is 0. The molecule has 3 aliphatic heterocycles. The molecule has 1 aromatic rings. The van der Waals surface area contributed by atoms with E-state index in [-0.39, 0.29) is 11.5 Å². The maximum atomic E-state index is 12.8. The number of aromatic nitrogens is 1. The van der Waals surface area contributed by atoms with Crippen molar-refractivity contribution >= 4 is 15.5 Å². The molecule has 1 spiro atoms. The van der Waals surface area contributed by atoms with E-state index >= 15 is 0 Å². The second-order valence-corrected chi connectivity index (χ2v) is 11.4. The SMILES string of the molecule is CC(C)[C@H]1C[C@@H](N2CCC3(C2)CS(=O)(=O)C3)CCN1c1ccc(C(F)(F)F)nc1. The molecule has 4 rings (SSSR count). The van der Waals surface area contributed by atoms with Crippen LogP contribution >= 0.6 is 0 Å². The van der Waals surface area contributed by atoms with E-state index in [4.69, 9.17) is 0 Å². The van der Waals surface area contributed by atoms with Gasteiger partial charge in [0.2, 0.25) is 0 Å². The molecule has 3 saturated heterocycles. The molecular formula is C20H28F3N3O2S. The first-order valence-corrected chi connectivity index (χ1v) is 12.0. The minimum Gasteiger partial charge on any atom is -0.367 e. The van der Waals surface area contributed by atoms with Crippen LogP contribution < -0.4 is 4.90 Å². The van der Waals surface area contributed by atoms with Gasteiger partial charge in [0, 0.05) is 30.6 Å². The number of piperidine rings is 1. The van der Waals surface area contributed by atoms with Gasteiger partial charge in [0.25, 0.3) is 0 Å². The molecule has 0 radical (unpaired) electrons. The predicted molar refractivity (Wildman–Crippen MR) is 106 cm³/mol. The van der Waals surface area contributed by atoms with Crippen molar-refractivity contribution in [3.8, 4) is 0 Å². The number of nitrogens with zero attached hydrogens (tertiary/aromatic N) is 3. The van der Waals surface area contributed by atoms with Crippen molar-refractivity contribution in [1.29, 1.82) is 0 Å². The molecule has 0 aliphatic carbocycles. The monoisotopic (exact) mass is 431 g/mol. The molecule has 5 nitrogen and oxygen atoms in total. The first kappa shape index (κ1) is 20.9. The standard InChI is InChI=1S/C20H28F3N3O2S/c1-14(2)17-9-15(25-8-6-19(11-25)12-29(27,28)13-19)5-7-26(17)16-3-4-18(24-10-16)20(21,22)23/h3-4,10,14-15,17H,5-9,11-13H2,1-2H3/t15-,17+/m0/s1. The smallest absolute Gasteiger partial charge is 0.367 e. The van der Waals surface area contributed by atoms with E-state index < -0.39 is 21.7 Å². The molecule has 0 saturated carbocycles. The number of halogens is 3. The van der Waals surface area contributed by atoms with Gasteiger partial charge < -0.3 is 4.90 Å². The average Bonchev–Trinajstić information content (AvgIpc) is 3.04. The van der Waals surface area contributed by atoms with E-state index in [0.29, 0.717) is 23.5 Å². The maximum Gasteiger partial charge on any atom is 0.433 e. The largest absolute Gasteiger partial charge is 0.433 e. The number of rotatable bonds is 3. The third-order valence-corrected chi connectivity index (χ3v) is 8.90. The van der Waals surface area contributed by atoms with Crippen LogP contribution in [-0.2, 0) is 16.0 Å². The summed E-state index contributed by atoms with van der Waals surface area (Å²) in [5.74, 6) is 0.987. The molecule has 4 heterocycles. The Balaban J connectivity index is 1.44. The minimum atomic E-state index is -4.43. The van der Waals surface area contributed by atoms with Gasteiger partial charge >= 0.3 is 6.18 Å². The fourth-order valence-electron chi connectivity index (χ4n) is 5.39. The summed E-state index contributed by atoms with van der Waals surface area (Å²) in [7, 11) is -2.83. The van der Waals surface area contributed by atoms with Gasteiger partial charge in [0.1, 0.15) is 5.69 Å². The Morgan fingerprint density at radius 3 is 2.48 bits per heavy atom. The molecule has 162 valence electrons. The molecule has 0 N–H and O–H groups in total. The Labute approximate surface area is 170 Å². The Kier molecular flexibility index (Phi) is 5.13. The Hall–Kier alpha value is -1.35. The Morgan fingerprint density at radius 1 is 1.21 bits per heavy atom. The second kappa shape index (κ2) is 7.11. The van der Waals surface area contributed by atoms with Gasteiger partial charge in [-0.05, 0) is 43.9 Å². The number of hydrogen-bond donors (Lipinski definition) is 0. The lowest BCUT2D eigenvalue weighted by Crippen LogP contribution is -2.54. The van der Waals surface area contributed by atoms with Crippen molar-refractivity contribution < 1.29 is 21.6 Å². The molecule has 29 heavy (non-hydrogen) atoms. The van der Waals surface area contributed by atoms with E-state index in [9.17, 15) is 21.6 Å². The van der Waals surface area contributed by atoms with Crippen LogP contribution in [0.4, 0.5) is 18.9 Å². The van der Waals surface area contributed by atoms with Crippen LogP contribution in [0, 0.1) is 11.3 Å². The van der Waals surface area contributed by atoms with E-state index in [1.165, 1.54) is 12.3 Å². The highest BCUT2D eigenvalue weighted by molar-refractivity contribution is 7.92. The van der Waals surface area contributed by atoms with Crippen LogP contribution in [-0.4, -0.2) is 61.5 Å². The van der Waals surface area contributed by atoms with Gasteiger partial charge in [0.05, 0.1) is 23.4 Å². The van der Waals surface area contributed by atoms with Crippen LogP contribution in [0.1, 0.15) is 38.8 Å². The van der Waals surface area contributed by atoms with E-state index in [1.807, 2.05) is 0 Å². The summed E-state index contributed by atoms with van der Waals surface area (Å²) in [6.45, 7) is 6.84. The molecule has 0 unspecified atom stereocenters. The molecule has 3 aliphatic rings. The van der Waals surface area contributed by atoms with Crippen molar-refractivity contribution in [3.05, 3.63) is 24.0 Å². The molecule has 0 bridgehead atoms. The zero-order chi connectivity index (χ0) is 21.0. The number of alkyl halides is 3. The van der Waals surface area contributed by atoms with E-state index in [1.54, 1.807) is 0 Å². The Bertz CT molecular complexity index is 843. The molecule has 3 fully saturated rings. The lowest BCUT2D eigenvalue weighted by atomic mass is 9.88. The summed E-state index contributed by atoms with van der Waals surface area (Å²) in [6.07, 6.45) is -0.289. The normalized spacial score (nSPS) is 29.4. The molecular weight excluding hydrogens is 403 g/mol. The van der Waals surface area contributed by atoms with Crippen molar-refractivity contribution in [3.63, 3.8) is 0 Å². The molecule has 2 atom stereocenters. The summed E-state index contributed by atoms with van der Waals surface area (Å²) >= 11 is 0. The van der Waals surface area contributed by atoms with Gasteiger partial charge in [0.15, 0.2) is 9.84 Å². The number of pyridine rings is 1. The number of sulfone groups is 1. The topological polar surface area (TPSA) is 53.5 Å². The van der Waals surface area contributed by atoms with Crippen LogP contribution in [0.25, 0.3) is 0 Å². The second-order valence-electron chi connectivity index (χ2n) is 9.34. The zero-order valence-corrected chi connectivity index (χ0v) is 17.6. The van der Waals surface area contributed by atoms with Gasteiger partial charge in [-0.3, -0.25) is 4.90 Å².